The molecule has 104 valence electrons. The molecule has 1 amide bonds. The quantitative estimate of drug-likeness (QED) is 0.735. The number of halogens is 1. The minimum atomic E-state index is -1.11. The van der Waals surface area contributed by atoms with Crippen LogP contribution in [0.5, 0.6) is 0 Å². The highest BCUT2D eigenvalue weighted by molar-refractivity contribution is 9.10. The Balaban J connectivity index is 2.42. The maximum atomic E-state index is 11.6. The predicted octanol–water partition coefficient (Wildman–Crippen LogP) is 1.76. The Morgan fingerprint density at radius 3 is 2.58 bits per heavy atom. The summed E-state index contributed by atoms with van der Waals surface area (Å²) in [6.07, 6.45) is 0. The number of rotatable bonds is 7. The van der Waals surface area contributed by atoms with E-state index in [0.29, 0.717) is 0 Å². The molecule has 2 N–H and O–H groups in total. The summed E-state index contributed by atoms with van der Waals surface area (Å²) in [5.41, 5.74) is 0. The van der Waals surface area contributed by atoms with Gasteiger partial charge < -0.3 is 15.2 Å². The lowest BCUT2D eigenvalue weighted by atomic mass is 10.3. The standard InChI is InChI=1S/C12H14BrNO4S/c1-18-6-10(12(16)17)14-11(15)7-19-9-4-2-8(13)3-5-9/h2-5,10H,6-7H2,1H3,(H,14,15)(H,16,17). The monoisotopic (exact) mass is 347 g/mol. The zero-order valence-electron chi connectivity index (χ0n) is 10.3. The van der Waals surface area contributed by atoms with Gasteiger partial charge in [-0.05, 0) is 24.3 Å². The molecule has 1 atom stereocenters. The number of carbonyl (C=O) groups is 2. The van der Waals surface area contributed by atoms with Crippen molar-refractivity contribution in [3.8, 4) is 0 Å². The summed E-state index contributed by atoms with van der Waals surface area (Å²) in [4.78, 5) is 23.4. The fraction of sp³-hybridized carbons (Fsp3) is 0.333. The van der Waals surface area contributed by atoms with Crippen LogP contribution in [-0.2, 0) is 14.3 Å². The second kappa shape index (κ2) is 8.19. The minimum Gasteiger partial charge on any atom is -0.480 e. The highest BCUT2D eigenvalue weighted by atomic mass is 79.9. The molecule has 0 aliphatic carbocycles. The number of carboxylic acid groups (broad SMARTS) is 1. The Hall–Kier alpha value is -1.05. The summed E-state index contributed by atoms with van der Waals surface area (Å²) in [5.74, 6) is -1.28. The van der Waals surface area contributed by atoms with Crippen molar-refractivity contribution < 1.29 is 19.4 Å². The molecule has 1 aromatic rings. The van der Waals surface area contributed by atoms with Crippen LogP contribution in [0.15, 0.2) is 33.6 Å². The molecule has 7 heteroatoms. The second-order valence-electron chi connectivity index (χ2n) is 3.66. The highest BCUT2D eigenvalue weighted by Gasteiger charge is 2.19. The Morgan fingerprint density at radius 1 is 1.42 bits per heavy atom. The van der Waals surface area contributed by atoms with E-state index in [0.717, 1.165) is 9.37 Å². The van der Waals surface area contributed by atoms with Gasteiger partial charge in [0.1, 0.15) is 0 Å². The van der Waals surface area contributed by atoms with Gasteiger partial charge in [-0.3, -0.25) is 4.79 Å². The van der Waals surface area contributed by atoms with Crippen LogP contribution in [0.3, 0.4) is 0 Å². The first kappa shape index (κ1) is 16.0. The number of carboxylic acids is 1. The van der Waals surface area contributed by atoms with Gasteiger partial charge in [-0.2, -0.15) is 0 Å². The van der Waals surface area contributed by atoms with Crippen LogP contribution in [0.4, 0.5) is 0 Å². The third-order valence-corrected chi connectivity index (χ3v) is 3.69. The summed E-state index contributed by atoms with van der Waals surface area (Å²) in [5, 5.41) is 11.3. The lowest BCUT2D eigenvalue weighted by Gasteiger charge is -2.13. The number of carbonyl (C=O) groups excluding carboxylic acids is 1. The van der Waals surface area contributed by atoms with Crippen LogP contribution in [0.1, 0.15) is 0 Å². The Labute approximate surface area is 123 Å². The first-order chi connectivity index (χ1) is 9.02. The van der Waals surface area contributed by atoms with Crippen LogP contribution >= 0.6 is 27.7 Å². The molecule has 0 fully saturated rings. The average molecular weight is 348 g/mol. The number of hydrogen-bond acceptors (Lipinski definition) is 4. The normalized spacial score (nSPS) is 11.9. The SMILES string of the molecule is COCC(NC(=O)CSc1ccc(Br)cc1)C(=O)O. The lowest BCUT2D eigenvalue weighted by Crippen LogP contribution is -2.44. The van der Waals surface area contributed by atoms with E-state index in [1.807, 2.05) is 24.3 Å². The molecule has 1 aromatic carbocycles. The van der Waals surface area contributed by atoms with Crippen molar-refractivity contribution in [2.24, 2.45) is 0 Å². The number of amides is 1. The van der Waals surface area contributed by atoms with Crippen molar-refractivity contribution in [2.45, 2.75) is 10.9 Å². The van der Waals surface area contributed by atoms with Crippen LogP contribution < -0.4 is 5.32 Å². The average Bonchev–Trinajstić information content (AvgIpc) is 2.37. The molecule has 0 aliphatic heterocycles. The van der Waals surface area contributed by atoms with Gasteiger partial charge in [0.2, 0.25) is 5.91 Å². The van der Waals surface area contributed by atoms with E-state index in [4.69, 9.17) is 9.84 Å². The Bertz CT molecular complexity index is 438. The molecule has 0 heterocycles. The van der Waals surface area contributed by atoms with Gasteiger partial charge in [-0.1, -0.05) is 15.9 Å². The summed E-state index contributed by atoms with van der Waals surface area (Å²) in [6, 6.07) is 6.51. The van der Waals surface area contributed by atoms with Gasteiger partial charge in [0.25, 0.3) is 0 Å². The first-order valence-electron chi connectivity index (χ1n) is 5.42. The smallest absolute Gasteiger partial charge is 0.328 e. The van der Waals surface area contributed by atoms with E-state index in [9.17, 15) is 9.59 Å². The van der Waals surface area contributed by atoms with Gasteiger partial charge in [0, 0.05) is 16.5 Å². The van der Waals surface area contributed by atoms with Crippen molar-refractivity contribution >= 4 is 39.6 Å². The van der Waals surface area contributed by atoms with Gasteiger partial charge in [-0.25, -0.2) is 4.79 Å². The van der Waals surface area contributed by atoms with Gasteiger partial charge in [-0.15, -0.1) is 11.8 Å². The maximum absolute atomic E-state index is 11.6. The number of aliphatic carboxylic acids is 1. The molecule has 0 saturated heterocycles. The number of hydrogen-bond donors (Lipinski definition) is 2. The predicted molar refractivity (Wildman–Crippen MR) is 76.3 cm³/mol. The highest BCUT2D eigenvalue weighted by Crippen LogP contribution is 2.20. The van der Waals surface area contributed by atoms with Gasteiger partial charge in [0.05, 0.1) is 12.4 Å². The van der Waals surface area contributed by atoms with E-state index in [1.165, 1.54) is 18.9 Å². The van der Waals surface area contributed by atoms with E-state index < -0.39 is 12.0 Å². The third kappa shape index (κ3) is 6.09. The fourth-order valence-corrected chi connectivity index (χ4v) is 2.23. The largest absolute Gasteiger partial charge is 0.480 e. The molecule has 0 bridgehead atoms. The number of thioether (sulfide) groups is 1. The Morgan fingerprint density at radius 2 is 2.05 bits per heavy atom. The van der Waals surface area contributed by atoms with E-state index in [-0.39, 0.29) is 18.3 Å². The molecule has 1 rings (SSSR count). The van der Waals surface area contributed by atoms with E-state index in [1.54, 1.807) is 0 Å². The fourth-order valence-electron chi connectivity index (χ4n) is 1.26. The van der Waals surface area contributed by atoms with Crippen LogP contribution in [0, 0.1) is 0 Å². The lowest BCUT2D eigenvalue weighted by molar-refractivity contribution is -0.142. The number of methoxy groups -OCH3 is 1. The second-order valence-corrected chi connectivity index (χ2v) is 5.62. The summed E-state index contributed by atoms with van der Waals surface area (Å²) >= 11 is 4.67. The molecule has 0 spiro atoms. The molecule has 0 aliphatic rings. The maximum Gasteiger partial charge on any atom is 0.328 e. The van der Waals surface area contributed by atoms with Gasteiger partial charge >= 0.3 is 5.97 Å². The molecular formula is C12H14BrNO4S. The molecular weight excluding hydrogens is 334 g/mol. The Kier molecular flexibility index (Phi) is 6.90. The van der Waals surface area contributed by atoms with Crippen molar-refractivity contribution in [1.82, 2.24) is 5.32 Å². The zero-order valence-corrected chi connectivity index (χ0v) is 12.7. The van der Waals surface area contributed by atoms with Crippen molar-refractivity contribution in [3.05, 3.63) is 28.7 Å². The first-order valence-corrected chi connectivity index (χ1v) is 7.20. The molecule has 5 nitrogen and oxygen atoms in total. The zero-order chi connectivity index (χ0) is 14.3. The molecule has 0 saturated carbocycles. The summed E-state index contributed by atoms with van der Waals surface area (Å²) in [6.45, 7) is -0.0516. The van der Waals surface area contributed by atoms with Crippen LogP contribution in [0.25, 0.3) is 0 Å². The third-order valence-electron chi connectivity index (χ3n) is 2.15. The van der Waals surface area contributed by atoms with Crippen LogP contribution in [0.2, 0.25) is 0 Å². The topological polar surface area (TPSA) is 75.6 Å². The van der Waals surface area contributed by atoms with Crippen LogP contribution in [-0.4, -0.2) is 42.5 Å². The van der Waals surface area contributed by atoms with Crippen molar-refractivity contribution in [3.63, 3.8) is 0 Å². The summed E-state index contributed by atoms with van der Waals surface area (Å²) < 4.78 is 5.70. The number of nitrogens with one attached hydrogen (secondary N) is 1. The molecule has 0 radical (unpaired) electrons. The summed E-state index contributed by atoms with van der Waals surface area (Å²) in [7, 11) is 1.39. The van der Waals surface area contributed by atoms with E-state index >= 15 is 0 Å². The molecule has 1 unspecified atom stereocenters. The number of benzene rings is 1. The van der Waals surface area contributed by atoms with Crippen molar-refractivity contribution in [2.75, 3.05) is 19.5 Å². The minimum absolute atomic E-state index is 0.0516. The molecule has 0 aromatic heterocycles. The molecule has 19 heavy (non-hydrogen) atoms. The van der Waals surface area contributed by atoms with Crippen molar-refractivity contribution in [1.29, 1.82) is 0 Å². The van der Waals surface area contributed by atoms with E-state index in [2.05, 4.69) is 21.2 Å². The van der Waals surface area contributed by atoms with Gasteiger partial charge in [0.15, 0.2) is 6.04 Å². The number of ether oxygens (including phenoxy) is 1.